The molecular formula is C23H17Cl3N2O. The molecule has 0 amide bonds. The Bertz CT molecular complexity index is 1230. The summed E-state index contributed by atoms with van der Waals surface area (Å²) in [5, 5.41) is 5.59. The van der Waals surface area contributed by atoms with Gasteiger partial charge in [-0.15, -0.1) is 12.4 Å². The van der Waals surface area contributed by atoms with Crippen LogP contribution in [0.5, 0.6) is 0 Å². The van der Waals surface area contributed by atoms with E-state index >= 15 is 0 Å². The van der Waals surface area contributed by atoms with Crippen molar-refractivity contribution in [3.8, 4) is 22.5 Å². The standard InChI is InChI=1S/C23H16Cl2N2O.ClH/c24-14-8-9-16(20(25)12-14)15-6-3-7-21-19(15)13-22(28-21)17-4-1-2-5-18(17)23-26-10-11-27-23;/h1-9,12-13H,10-11H2,(H,26,27);1H. The van der Waals surface area contributed by atoms with Gasteiger partial charge in [0, 0.05) is 38.7 Å². The van der Waals surface area contributed by atoms with Gasteiger partial charge in [-0.1, -0.05) is 65.7 Å². The first-order valence-corrected chi connectivity index (χ1v) is 9.82. The van der Waals surface area contributed by atoms with Gasteiger partial charge in [0.15, 0.2) is 0 Å². The highest BCUT2D eigenvalue weighted by Gasteiger charge is 2.18. The molecule has 0 radical (unpaired) electrons. The Balaban J connectivity index is 0.00000205. The molecule has 0 atom stereocenters. The zero-order valence-electron chi connectivity index (χ0n) is 15.3. The van der Waals surface area contributed by atoms with Crippen molar-refractivity contribution in [1.82, 2.24) is 5.32 Å². The summed E-state index contributed by atoms with van der Waals surface area (Å²) in [4.78, 5) is 4.56. The van der Waals surface area contributed by atoms with Gasteiger partial charge < -0.3 is 9.73 Å². The summed E-state index contributed by atoms with van der Waals surface area (Å²) in [7, 11) is 0. The fourth-order valence-electron chi connectivity index (χ4n) is 3.62. The highest BCUT2D eigenvalue weighted by atomic mass is 35.5. The number of nitrogens with one attached hydrogen (secondary N) is 1. The molecule has 0 bridgehead atoms. The van der Waals surface area contributed by atoms with Crippen LogP contribution >= 0.6 is 35.6 Å². The van der Waals surface area contributed by atoms with Gasteiger partial charge in [0.25, 0.3) is 0 Å². The monoisotopic (exact) mass is 442 g/mol. The first kappa shape index (κ1) is 19.8. The van der Waals surface area contributed by atoms with Gasteiger partial charge in [0.05, 0.1) is 6.54 Å². The first-order chi connectivity index (χ1) is 13.7. The normalized spacial score (nSPS) is 13.1. The van der Waals surface area contributed by atoms with E-state index in [0.29, 0.717) is 10.0 Å². The van der Waals surface area contributed by atoms with Crippen molar-refractivity contribution in [3.05, 3.63) is 82.3 Å². The molecule has 6 heteroatoms. The molecule has 1 aliphatic rings. The molecule has 1 N–H and O–H groups in total. The van der Waals surface area contributed by atoms with Gasteiger partial charge in [0.2, 0.25) is 0 Å². The molecule has 0 fully saturated rings. The molecule has 3 aromatic carbocycles. The van der Waals surface area contributed by atoms with Crippen LogP contribution in [0.25, 0.3) is 33.4 Å². The third-order valence-corrected chi connectivity index (χ3v) is 5.45. The van der Waals surface area contributed by atoms with Crippen LogP contribution in [0.15, 0.2) is 76.1 Å². The maximum Gasteiger partial charge on any atom is 0.136 e. The number of aliphatic imine (C=N–C) groups is 1. The van der Waals surface area contributed by atoms with Crippen molar-refractivity contribution >= 4 is 52.4 Å². The van der Waals surface area contributed by atoms with Crippen LogP contribution in [0, 0.1) is 0 Å². The first-order valence-electron chi connectivity index (χ1n) is 9.07. The van der Waals surface area contributed by atoms with Crippen LogP contribution in [0.4, 0.5) is 0 Å². The Hall–Kier alpha value is -2.46. The summed E-state index contributed by atoms with van der Waals surface area (Å²) in [5.41, 5.74) is 4.82. The van der Waals surface area contributed by atoms with Gasteiger partial charge in [-0.05, 0) is 29.8 Å². The van der Waals surface area contributed by atoms with E-state index in [2.05, 4.69) is 28.5 Å². The summed E-state index contributed by atoms with van der Waals surface area (Å²) >= 11 is 12.5. The Kier molecular flexibility index (Phi) is 5.55. The van der Waals surface area contributed by atoms with Crippen LogP contribution in [-0.2, 0) is 0 Å². The summed E-state index contributed by atoms with van der Waals surface area (Å²) in [6.07, 6.45) is 0. The van der Waals surface area contributed by atoms with Crippen LogP contribution in [0.1, 0.15) is 5.56 Å². The van der Waals surface area contributed by atoms with Crippen LogP contribution < -0.4 is 5.32 Å². The molecule has 4 aromatic rings. The number of hydrogen-bond donors (Lipinski definition) is 1. The zero-order chi connectivity index (χ0) is 19.1. The number of fused-ring (bicyclic) bond motifs is 1. The predicted octanol–water partition coefficient (Wildman–Crippen LogP) is 6.85. The summed E-state index contributed by atoms with van der Waals surface area (Å²) < 4.78 is 6.23. The number of amidine groups is 1. The Morgan fingerprint density at radius 2 is 1.62 bits per heavy atom. The minimum absolute atomic E-state index is 0. The number of furan rings is 1. The molecule has 1 aromatic heterocycles. The van der Waals surface area contributed by atoms with E-state index in [1.165, 1.54) is 0 Å². The number of hydrogen-bond acceptors (Lipinski definition) is 3. The Morgan fingerprint density at radius 3 is 2.38 bits per heavy atom. The maximum absolute atomic E-state index is 6.46. The average molecular weight is 444 g/mol. The van der Waals surface area contributed by atoms with Crippen molar-refractivity contribution < 1.29 is 4.42 Å². The fraction of sp³-hybridized carbons (Fsp3) is 0.0870. The second-order valence-electron chi connectivity index (χ2n) is 6.65. The number of benzene rings is 3. The van der Waals surface area contributed by atoms with Crippen LogP contribution in [0.2, 0.25) is 10.0 Å². The van der Waals surface area contributed by atoms with Gasteiger partial charge in [-0.25, -0.2) is 0 Å². The Labute approximate surface area is 184 Å². The minimum Gasteiger partial charge on any atom is -0.456 e. The van der Waals surface area contributed by atoms with Crippen molar-refractivity contribution in [3.63, 3.8) is 0 Å². The molecule has 0 aliphatic carbocycles. The zero-order valence-corrected chi connectivity index (χ0v) is 17.6. The lowest BCUT2D eigenvalue weighted by Gasteiger charge is -2.07. The molecule has 3 nitrogen and oxygen atoms in total. The van der Waals surface area contributed by atoms with E-state index in [1.54, 1.807) is 6.07 Å². The van der Waals surface area contributed by atoms with Crippen molar-refractivity contribution in [1.29, 1.82) is 0 Å². The lowest BCUT2D eigenvalue weighted by Crippen LogP contribution is -2.20. The number of halogens is 3. The lowest BCUT2D eigenvalue weighted by atomic mass is 10.00. The van der Waals surface area contributed by atoms with E-state index in [0.717, 1.165) is 57.9 Å². The molecule has 0 spiro atoms. The molecule has 146 valence electrons. The highest BCUT2D eigenvalue weighted by Crippen LogP contribution is 2.38. The van der Waals surface area contributed by atoms with E-state index in [4.69, 9.17) is 27.6 Å². The second-order valence-corrected chi connectivity index (χ2v) is 7.50. The van der Waals surface area contributed by atoms with Crippen LogP contribution in [0.3, 0.4) is 0 Å². The quantitative estimate of drug-likeness (QED) is 0.376. The van der Waals surface area contributed by atoms with Crippen molar-refractivity contribution in [2.75, 3.05) is 13.1 Å². The van der Waals surface area contributed by atoms with E-state index in [9.17, 15) is 0 Å². The molecule has 5 rings (SSSR count). The van der Waals surface area contributed by atoms with E-state index in [1.807, 2.05) is 42.5 Å². The van der Waals surface area contributed by atoms with Crippen LogP contribution in [-0.4, -0.2) is 18.9 Å². The van der Waals surface area contributed by atoms with Gasteiger partial charge in [-0.2, -0.15) is 0 Å². The minimum atomic E-state index is 0. The predicted molar refractivity (Wildman–Crippen MR) is 124 cm³/mol. The van der Waals surface area contributed by atoms with E-state index in [-0.39, 0.29) is 12.4 Å². The largest absolute Gasteiger partial charge is 0.456 e. The molecule has 2 heterocycles. The SMILES string of the molecule is Cl.Clc1ccc(-c2cccc3oc(-c4ccccc4C4=NCCN4)cc23)c(Cl)c1. The second kappa shape index (κ2) is 8.11. The molecule has 0 saturated carbocycles. The van der Waals surface area contributed by atoms with Crippen molar-refractivity contribution in [2.45, 2.75) is 0 Å². The Morgan fingerprint density at radius 1 is 0.828 bits per heavy atom. The van der Waals surface area contributed by atoms with Gasteiger partial charge in [0.1, 0.15) is 17.2 Å². The van der Waals surface area contributed by atoms with Gasteiger partial charge >= 0.3 is 0 Å². The van der Waals surface area contributed by atoms with Crippen molar-refractivity contribution in [2.24, 2.45) is 4.99 Å². The lowest BCUT2D eigenvalue weighted by molar-refractivity contribution is 0.631. The summed E-state index contributed by atoms with van der Waals surface area (Å²) in [6, 6.07) is 21.8. The fourth-order valence-corrected chi connectivity index (χ4v) is 4.13. The third kappa shape index (κ3) is 3.62. The smallest absolute Gasteiger partial charge is 0.136 e. The summed E-state index contributed by atoms with van der Waals surface area (Å²) in [5.74, 6) is 1.72. The molecule has 29 heavy (non-hydrogen) atoms. The summed E-state index contributed by atoms with van der Waals surface area (Å²) in [6.45, 7) is 1.66. The molecular weight excluding hydrogens is 427 g/mol. The molecule has 1 aliphatic heterocycles. The molecule has 0 saturated heterocycles. The maximum atomic E-state index is 6.46. The van der Waals surface area contributed by atoms with Gasteiger partial charge in [-0.3, -0.25) is 4.99 Å². The topological polar surface area (TPSA) is 37.5 Å². The highest BCUT2D eigenvalue weighted by molar-refractivity contribution is 6.36. The average Bonchev–Trinajstić information content (AvgIpc) is 3.38. The molecule has 0 unspecified atom stereocenters. The number of nitrogens with zero attached hydrogens (tertiary/aromatic N) is 1. The number of rotatable bonds is 3. The third-order valence-electron chi connectivity index (χ3n) is 4.90. The van der Waals surface area contributed by atoms with E-state index < -0.39 is 0 Å².